The van der Waals surface area contributed by atoms with E-state index in [1.807, 2.05) is 41.0 Å². The maximum Gasteiger partial charge on any atom is 0.417 e. The summed E-state index contributed by atoms with van der Waals surface area (Å²) in [7, 11) is 0. The van der Waals surface area contributed by atoms with Gasteiger partial charge in [0.2, 0.25) is 0 Å². The second kappa shape index (κ2) is 6.83. The van der Waals surface area contributed by atoms with Gasteiger partial charge >= 0.3 is 6.09 Å². The van der Waals surface area contributed by atoms with E-state index in [1.165, 1.54) is 0 Å². The molecule has 0 saturated heterocycles. The lowest BCUT2D eigenvalue weighted by Gasteiger charge is -2.27. The van der Waals surface area contributed by atoms with Crippen molar-refractivity contribution in [1.29, 1.82) is 0 Å². The summed E-state index contributed by atoms with van der Waals surface area (Å²) in [6, 6.07) is 7.90. The van der Waals surface area contributed by atoms with Gasteiger partial charge < -0.3 is 9.30 Å². The zero-order valence-corrected chi connectivity index (χ0v) is 15.5. The molecule has 26 heavy (non-hydrogen) atoms. The normalized spacial score (nSPS) is 16.0. The summed E-state index contributed by atoms with van der Waals surface area (Å²) in [4.78, 5) is 27.1. The number of amides is 2. The van der Waals surface area contributed by atoms with E-state index >= 15 is 0 Å². The Morgan fingerprint density at radius 3 is 2.62 bits per heavy atom. The predicted octanol–water partition coefficient (Wildman–Crippen LogP) is 4.32. The fourth-order valence-corrected chi connectivity index (χ4v) is 3.21. The lowest BCUT2D eigenvalue weighted by atomic mass is 10.1. The van der Waals surface area contributed by atoms with Gasteiger partial charge in [0.25, 0.3) is 5.91 Å². The van der Waals surface area contributed by atoms with E-state index in [4.69, 9.17) is 4.74 Å². The van der Waals surface area contributed by atoms with Crippen LogP contribution in [0.15, 0.2) is 49.1 Å². The van der Waals surface area contributed by atoms with Crippen LogP contribution < -0.4 is 0 Å². The van der Waals surface area contributed by atoms with Gasteiger partial charge in [0.05, 0.1) is 6.54 Å². The quantitative estimate of drug-likeness (QED) is 0.757. The minimum atomic E-state index is -0.667. The molecule has 0 spiro atoms. The molecule has 1 aliphatic rings. The van der Waals surface area contributed by atoms with Crippen LogP contribution in [0.2, 0.25) is 0 Å². The fourth-order valence-electron chi connectivity index (χ4n) is 3.21. The number of carbonyl (C=O) groups is 2. The van der Waals surface area contributed by atoms with Crippen molar-refractivity contribution >= 4 is 22.9 Å². The molecule has 0 N–H and O–H groups in total. The third-order valence-corrected chi connectivity index (χ3v) is 4.23. The number of para-hydroxylation sites is 1. The monoisotopic (exact) mass is 352 g/mol. The van der Waals surface area contributed by atoms with E-state index < -0.39 is 11.7 Å². The number of carbonyl (C=O) groups excluding carboxylic acids is 2. The Kier molecular flexibility index (Phi) is 4.72. The minimum Gasteiger partial charge on any atom is -0.443 e. The first kappa shape index (κ1) is 18.0. The van der Waals surface area contributed by atoms with Crippen molar-refractivity contribution in [2.45, 2.75) is 39.3 Å². The van der Waals surface area contributed by atoms with E-state index in [0.29, 0.717) is 18.7 Å². The molecule has 5 nitrogen and oxygen atoms in total. The molecule has 1 aromatic carbocycles. The molecule has 0 bridgehead atoms. The summed E-state index contributed by atoms with van der Waals surface area (Å²) in [6.45, 7) is 9.96. The molecule has 0 atom stereocenters. The van der Waals surface area contributed by atoms with Crippen LogP contribution >= 0.6 is 0 Å². The van der Waals surface area contributed by atoms with Crippen molar-refractivity contribution in [2.24, 2.45) is 0 Å². The Labute approximate surface area is 153 Å². The van der Waals surface area contributed by atoms with Gasteiger partial charge in [-0.3, -0.25) is 4.79 Å². The van der Waals surface area contributed by atoms with Crippen LogP contribution in [-0.4, -0.2) is 33.6 Å². The summed E-state index contributed by atoms with van der Waals surface area (Å²) in [5.74, 6) is -0.336. The molecular weight excluding hydrogens is 328 g/mol. The van der Waals surface area contributed by atoms with Crippen LogP contribution in [0.25, 0.3) is 10.9 Å². The zero-order valence-electron chi connectivity index (χ0n) is 15.5. The van der Waals surface area contributed by atoms with Crippen LogP contribution in [0.4, 0.5) is 4.79 Å². The van der Waals surface area contributed by atoms with E-state index in [0.717, 1.165) is 21.4 Å². The molecule has 0 saturated carbocycles. The first-order chi connectivity index (χ1) is 12.3. The highest BCUT2D eigenvalue weighted by Gasteiger charge is 2.32. The Hall–Kier alpha value is -2.82. The van der Waals surface area contributed by atoms with Crippen molar-refractivity contribution in [3.63, 3.8) is 0 Å². The van der Waals surface area contributed by atoms with Gasteiger partial charge in [0.15, 0.2) is 0 Å². The number of fused-ring (bicyclic) bond motifs is 3. The molecule has 136 valence electrons. The molecule has 1 aromatic heterocycles. The average Bonchev–Trinajstić information content (AvgIpc) is 2.85. The highest BCUT2D eigenvalue weighted by atomic mass is 16.6. The lowest BCUT2D eigenvalue weighted by molar-refractivity contribution is 0.0256. The molecule has 0 unspecified atom stereocenters. The molecule has 0 fully saturated rings. The smallest absolute Gasteiger partial charge is 0.417 e. The lowest BCUT2D eigenvalue weighted by Crippen LogP contribution is -2.42. The fraction of sp³-hybridized carbons (Fsp3) is 0.333. The standard InChI is InChI=1S/C21H24N2O3/c1-5-10-16-15-11-6-7-12-17(15)22-13-8-9-14-23(19(24)18(16)22)20(25)26-21(2,3)4/h5-9,11-12H,1,10,13-14H2,2-4H3/b9-8-. The SMILES string of the molecule is C=CCc1c2n(c3ccccc13)C/C=C\CN(C(=O)OC(C)(C)C)C2=O. The number of allylic oxidation sites excluding steroid dienone is 2. The van der Waals surface area contributed by atoms with Crippen molar-refractivity contribution in [3.05, 3.63) is 60.3 Å². The Balaban J connectivity index is 2.15. The number of benzene rings is 1. The van der Waals surface area contributed by atoms with Crippen molar-refractivity contribution < 1.29 is 14.3 Å². The van der Waals surface area contributed by atoms with Gasteiger partial charge in [0.1, 0.15) is 11.3 Å². The largest absolute Gasteiger partial charge is 0.443 e. The van der Waals surface area contributed by atoms with Gasteiger partial charge in [-0.2, -0.15) is 0 Å². The Morgan fingerprint density at radius 2 is 1.92 bits per heavy atom. The van der Waals surface area contributed by atoms with Crippen LogP contribution in [-0.2, 0) is 17.7 Å². The Morgan fingerprint density at radius 1 is 1.23 bits per heavy atom. The molecule has 2 heterocycles. The molecule has 2 amide bonds. The number of rotatable bonds is 2. The van der Waals surface area contributed by atoms with Crippen LogP contribution in [0.1, 0.15) is 36.8 Å². The van der Waals surface area contributed by atoms with E-state index in [2.05, 4.69) is 6.58 Å². The van der Waals surface area contributed by atoms with E-state index in [-0.39, 0.29) is 12.5 Å². The molecule has 1 aliphatic heterocycles. The van der Waals surface area contributed by atoms with Crippen LogP contribution in [0.3, 0.4) is 0 Å². The summed E-state index contributed by atoms with van der Waals surface area (Å²) in [5, 5.41) is 1.01. The summed E-state index contributed by atoms with van der Waals surface area (Å²) in [5.41, 5.74) is 1.73. The topological polar surface area (TPSA) is 51.5 Å². The van der Waals surface area contributed by atoms with Crippen LogP contribution in [0.5, 0.6) is 0 Å². The molecule has 5 heteroatoms. The first-order valence-electron chi connectivity index (χ1n) is 8.74. The highest BCUT2D eigenvalue weighted by Crippen LogP contribution is 2.29. The third kappa shape index (κ3) is 3.29. The molecule has 3 rings (SSSR count). The van der Waals surface area contributed by atoms with Crippen LogP contribution in [0, 0.1) is 0 Å². The summed E-state index contributed by atoms with van der Waals surface area (Å²) >= 11 is 0. The number of aromatic nitrogens is 1. The maximum absolute atomic E-state index is 13.3. The zero-order chi connectivity index (χ0) is 18.9. The number of imide groups is 1. The highest BCUT2D eigenvalue weighted by molar-refractivity contribution is 6.07. The second-order valence-corrected chi connectivity index (χ2v) is 7.32. The number of hydrogen-bond acceptors (Lipinski definition) is 3. The predicted molar refractivity (Wildman–Crippen MR) is 102 cm³/mol. The van der Waals surface area contributed by atoms with Crippen molar-refractivity contribution in [3.8, 4) is 0 Å². The number of hydrogen-bond donors (Lipinski definition) is 0. The van der Waals surface area contributed by atoms with Crippen molar-refractivity contribution in [2.75, 3.05) is 6.54 Å². The molecule has 0 aliphatic carbocycles. The molecule has 0 radical (unpaired) electrons. The first-order valence-corrected chi connectivity index (χ1v) is 8.74. The van der Waals surface area contributed by atoms with Gasteiger partial charge in [-0.05, 0) is 38.8 Å². The van der Waals surface area contributed by atoms with Gasteiger partial charge in [0, 0.05) is 17.4 Å². The van der Waals surface area contributed by atoms with Gasteiger partial charge in [-0.25, -0.2) is 9.69 Å². The van der Waals surface area contributed by atoms with Gasteiger partial charge in [-0.1, -0.05) is 36.4 Å². The van der Waals surface area contributed by atoms with Gasteiger partial charge in [-0.15, -0.1) is 6.58 Å². The third-order valence-electron chi connectivity index (χ3n) is 4.23. The maximum atomic E-state index is 13.3. The van der Waals surface area contributed by atoms with E-state index in [9.17, 15) is 9.59 Å². The molecule has 2 aromatic rings. The van der Waals surface area contributed by atoms with Crippen molar-refractivity contribution in [1.82, 2.24) is 9.47 Å². The average molecular weight is 352 g/mol. The summed E-state index contributed by atoms with van der Waals surface area (Å²) in [6.07, 6.45) is 5.50. The molecular formula is C21H24N2O3. The summed E-state index contributed by atoms with van der Waals surface area (Å²) < 4.78 is 7.40. The Bertz CT molecular complexity index is 900. The number of nitrogens with zero attached hydrogens (tertiary/aromatic N) is 2. The van der Waals surface area contributed by atoms with E-state index in [1.54, 1.807) is 26.8 Å². The second-order valence-electron chi connectivity index (χ2n) is 7.32. The number of ether oxygens (including phenoxy) is 1. The minimum absolute atomic E-state index is 0.197.